The van der Waals surface area contributed by atoms with Gasteiger partial charge in [-0.2, -0.15) is 5.10 Å². The molecule has 5 heteroatoms. The van der Waals surface area contributed by atoms with Crippen LogP contribution in [0.5, 0.6) is 0 Å². The Hall–Kier alpha value is -1.39. The number of rotatable bonds is 4. The average Bonchev–Trinajstić information content (AvgIpc) is 2.59. The number of carbonyl (C=O) groups excluding carboxylic acids is 1. The summed E-state index contributed by atoms with van der Waals surface area (Å²) in [4.78, 5) is 15.8. The summed E-state index contributed by atoms with van der Waals surface area (Å²) in [6.45, 7) is 5.94. The molecule has 15 heavy (non-hydrogen) atoms. The molecule has 1 aromatic rings. The number of esters is 1. The lowest BCUT2D eigenvalue weighted by molar-refractivity contribution is -0.144. The van der Waals surface area contributed by atoms with E-state index in [-0.39, 0.29) is 11.9 Å². The van der Waals surface area contributed by atoms with E-state index in [0.717, 1.165) is 12.2 Å². The molecule has 0 spiro atoms. The third-order valence-corrected chi connectivity index (χ3v) is 2.18. The van der Waals surface area contributed by atoms with Gasteiger partial charge >= 0.3 is 5.97 Å². The Morgan fingerprint density at radius 3 is 2.67 bits per heavy atom. The summed E-state index contributed by atoms with van der Waals surface area (Å²) >= 11 is 0. The maximum Gasteiger partial charge on any atom is 0.316 e. The molecule has 0 radical (unpaired) electrons. The SMILES string of the molecule is CCOC(=O)C(C)c1nc(CC)nn1C. The van der Waals surface area contributed by atoms with Crippen LogP contribution in [0.15, 0.2) is 0 Å². The molecule has 0 fully saturated rings. The molecule has 0 bridgehead atoms. The van der Waals surface area contributed by atoms with Crippen LogP contribution in [0, 0.1) is 0 Å². The van der Waals surface area contributed by atoms with Crippen molar-refractivity contribution in [3.8, 4) is 0 Å². The van der Waals surface area contributed by atoms with Crippen LogP contribution in [0.4, 0.5) is 0 Å². The molecule has 0 saturated carbocycles. The van der Waals surface area contributed by atoms with Crippen molar-refractivity contribution in [2.75, 3.05) is 6.61 Å². The predicted octanol–water partition coefficient (Wildman–Crippen LogP) is 1.04. The number of hydrogen-bond acceptors (Lipinski definition) is 4. The van der Waals surface area contributed by atoms with E-state index in [0.29, 0.717) is 12.4 Å². The first kappa shape index (κ1) is 11.7. The smallest absolute Gasteiger partial charge is 0.316 e. The van der Waals surface area contributed by atoms with Crippen molar-refractivity contribution in [1.82, 2.24) is 14.8 Å². The predicted molar refractivity (Wildman–Crippen MR) is 55.4 cm³/mol. The Labute approximate surface area is 89.5 Å². The molecule has 1 rings (SSSR count). The molecule has 0 aliphatic heterocycles. The van der Waals surface area contributed by atoms with Gasteiger partial charge in [0, 0.05) is 13.5 Å². The number of carbonyl (C=O) groups is 1. The zero-order chi connectivity index (χ0) is 11.4. The first-order valence-corrected chi connectivity index (χ1v) is 5.16. The summed E-state index contributed by atoms with van der Waals surface area (Å²) in [6.07, 6.45) is 0.767. The van der Waals surface area contributed by atoms with Crippen LogP contribution in [0.25, 0.3) is 0 Å². The fourth-order valence-electron chi connectivity index (χ4n) is 1.35. The van der Waals surface area contributed by atoms with Crippen molar-refractivity contribution < 1.29 is 9.53 Å². The van der Waals surface area contributed by atoms with Crippen LogP contribution in [0.2, 0.25) is 0 Å². The van der Waals surface area contributed by atoms with Gasteiger partial charge in [0.1, 0.15) is 11.7 Å². The maximum atomic E-state index is 11.5. The summed E-state index contributed by atoms with van der Waals surface area (Å²) in [5.41, 5.74) is 0. The topological polar surface area (TPSA) is 57.0 Å². The minimum atomic E-state index is -0.359. The molecule has 1 unspecified atom stereocenters. The Morgan fingerprint density at radius 2 is 2.20 bits per heavy atom. The second-order valence-corrected chi connectivity index (χ2v) is 3.34. The van der Waals surface area contributed by atoms with Crippen molar-refractivity contribution in [2.24, 2.45) is 7.05 Å². The standard InChI is InChI=1S/C10H17N3O2/c1-5-8-11-9(13(4)12-8)7(3)10(14)15-6-2/h7H,5-6H2,1-4H3. The minimum Gasteiger partial charge on any atom is -0.465 e. The van der Waals surface area contributed by atoms with E-state index in [9.17, 15) is 4.79 Å². The van der Waals surface area contributed by atoms with Gasteiger partial charge in [-0.15, -0.1) is 0 Å². The summed E-state index contributed by atoms with van der Waals surface area (Å²) in [7, 11) is 1.79. The molecule has 0 aromatic carbocycles. The van der Waals surface area contributed by atoms with Gasteiger partial charge in [0.2, 0.25) is 0 Å². The molecular weight excluding hydrogens is 194 g/mol. The summed E-state index contributed by atoms with van der Waals surface area (Å²) < 4.78 is 6.58. The summed E-state index contributed by atoms with van der Waals surface area (Å²) in [5.74, 6) is 0.798. The number of aromatic nitrogens is 3. The second kappa shape index (κ2) is 4.91. The molecular formula is C10H17N3O2. The lowest BCUT2D eigenvalue weighted by atomic mass is 10.2. The highest BCUT2D eigenvalue weighted by Crippen LogP contribution is 2.14. The molecule has 1 aromatic heterocycles. The summed E-state index contributed by atoms with van der Waals surface area (Å²) in [5, 5.41) is 4.19. The first-order chi connectivity index (χ1) is 7.10. The average molecular weight is 211 g/mol. The molecule has 0 aliphatic carbocycles. The van der Waals surface area contributed by atoms with Gasteiger partial charge in [-0.3, -0.25) is 9.48 Å². The van der Waals surface area contributed by atoms with E-state index < -0.39 is 0 Å². The second-order valence-electron chi connectivity index (χ2n) is 3.34. The highest BCUT2D eigenvalue weighted by Gasteiger charge is 2.22. The van der Waals surface area contributed by atoms with Gasteiger partial charge in [0.25, 0.3) is 0 Å². The molecule has 1 atom stereocenters. The number of aryl methyl sites for hydroxylation is 2. The van der Waals surface area contributed by atoms with Gasteiger partial charge in [-0.1, -0.05) is 6.92 Å². The van der Waals surface area contributed by atoms with E-state index in [1.807, 2.05) is 6.92 Å². The Kier molecular flexibility index (Phi) is 3.82. The van der Waals surface area contributed by atoms with Crippen LogP contribution in [0.3, 0.4) is 0 Å². The number of nitrogens with zero attached hydrogens (tertiary/aromatic N) is 3. The monoisotopic (exact) mass is 211 g/mol. The fourth-order valence-corrected chi connectivity index (χ4v) is 1.35. The number of hydrogen-bond donors (Lipinski definition) is 0. The van der Waals surface area contributed by atoms with Crippen molar-refractivity contribution in [3.63, 3.8) is 0 Å². The molecule has 0 saturated heterocycles. The van der Waals surface area contributed by atoms with Gasteiger partial charge in [-0.05, 0) is 13.8 Å². The van der Waals surface area contributed by atoms with E-state index in [2.05, 4.69) is 10.1 Å². The summed E-state index contributed by atoms with van der Waals surface area (Å²) in [6, 6.07) is 0. The van der Waals surface area contributed by atoms with E-state index in [1.165, 1.54) is 0 Å². The van der Waals surface area contributed by atoms with E-state index in [1.54, 1.807) is 25.6 Å². The minimum absolute atomic E-state index is 0.254. The quantitative estimate of drug-likeness (QED) is 0.698. The van der Waals surface area contributed by atoms with Crippen molar-refractivity contribution in [2.45, 2.75) is 33.1 Å². The van der Waals surface area contributed by atoms with Crippen LogP contribution < -0.4 is 0 Å². The van der Waals surface area contributed by atoms with Gasteiger partial charge < -0.3 is 4.74 Å². The number of ether oxygens (including phenoxy) is 1. The molecule has 84 valence electrons. The van der Waals surface area contributed by atoms with Gasteiger partial charge in [0.05, 0.1) is 6.61 Å². The van der Waals surface area contributed by atoms with Crippen LogP contribution in [0.1, 0.15) is 38.3 Å². The first-order valence-electron chi connectivity index (χ1n) is 5.16. The van der Waals surface area contributed by atoms with Crippen LogP contribution >= 0.6 is 0 Å². The third-order valence-electron chi connectivity index (χ3n) is 2.18. The molecule has 1 heterocycles. The normalized spacial score (nSPS) is 12.5. The molecule has 0 aliphatic rings. The maximum absolute atomic E-state index is 11.5. The third kappa shape index (κ3) is 2.55. The van der Waals surface area contributed by atoms with Crippen LogP contribution in [-0.2, 0) is 23.0 Å². The largest absolute Gasteiger partial charge is 0.465 e. The Morgan fingerprint density at radius 1 is 1.53 bits per heavy atom. The Bertz CT molecular complexity index is 346. The van der Waals surface area contributed by atoms with E-state index >= 15 is 0 Å². The molecule has 5 nitrogen and oxygen atoms in total. The zero-order valence-electron chi connectivity index (χ0n) is 9.65. The zero-order valence-corrected chi connectivity index (χ0v) is 9.65. The lowest BCUT2D eigenvalue weighted by Crippen LogP contribution is -2.16. The highest BCUT2D eigenvalue weighted by atomic mass is 16.5. The van der Waals surface area contributed by atoms with Crippen molar-refractivity contribution in [1.29, 1.82) is 0 Å². The van der Waals surface area contributed by atoms with Crippen molar-refractivity contribution >= 4 is 5.97 Å². The molecule has 0 amide bonds. The van der Waals surface area contributed by atoms with Gasteiger partial charge in [0.15, 0.2) is 5.82 Å². The van der Waals surface area contributed by atoms with Crippen molar-refractivity contribution in [3.05, 3.63) is 11.6 Å². The molecule has 0 N–H and O–H groups in total. The lowest BCUT2D eigenvalue weighted by Gasteiger charge is -2.08. The Balaban J connectivity index is 2.85. The highest BCUT2D eigenvalue weighted by molar-refractivity contribution is 5.76. The van der Waals surface area contributed by atoms with Gasteiger partial charge in [-0.25, -0.2) is 4.98 Å². The fraction of sp³-hybridized carbons (Fsp3) is 0.700. The van der Waals surface area contributed by atoms with E-state index in [4.69, 9.17) is 4.74 Å². The van der Waals surface area contributed by atoms with Crippen LogP contribution in [-0.4, -0.2) is 27.3 Å².